The van der Waals surface area contributed by atoms with Crippen molar-refractivity contribution in [3.63, 3.8) is 0 Å². The van der Waals surface area contributed by atoms with Gasteiger partial charge in [-0.3, -0.25) is 14.0 Å². The zero-order valence-corrected chi connectivity index (χ0v) is 13.7. The predicted octanol–water partition coefficient (Wildman–Crippen LogP) is 1.97. The molecule has 8 nitrogen and oxygen atoms in total. The van der Waals surface area contributed by atoms with Crippen LogP contribution in [0.25, 0.3) is 5.65 Å². The Hall–Kier alpha value is -2.82. The van der Waals surface area contributed by atoms with Crippen molar-refractivity contribution in [3.8, 4) is 0 Å². The van der Waals surface area contributed by atoms with E-state index >= 15 is 0 Å². The van der Waals surface area contributed by atoms with Crippen LogP contribution in [0.5, 0.6) is 0 Å². The van der Waals surface area contributed by atoms with E-state index in [2.05, 4.69) is 4.98 Å². The Labute approximate surface area is 148 Å². The number of fused-ring (bicyclic) bond motifs is 1. The van der Waals surface area contributed by atoms with Crippen LogP contribution in [0.2, 0.25) is 5.02 Å². The molecule has 2 aromatic heterocycles. The average molecular weight is 394 g/mol. The van der Waals surface area contributed by atoms with Gasteiger partial charge in [-0.2, -0.15) is 13.2 Å². The van der Waals surface area contributed by atoms with E-state index in [1.807, 2.05) is 5.32 Å². The quantitative estimate of drug-likeness (QED) is 0.714. The molecule has 0 spiro atoms. The van der Waals surface area contributed by atoms with Crippen molar-refractivity contribution in [2.24, 2.45) is 0 Å². The summed E-state index contributed by atoms with van der Waals surface area (Å²) in [4.78, 5) is 38.0. The second kappa shape index (κ2) is 6.83. The molecule has 26 heavy (non-hydrogen) atoms. The van der Waals surface area contributed by atoms with Crippen molar-refractivity contribution < 1.29 is 37.8 Å². The normalized spacial score (nSPS) is 12.8. The maximum absolute atomic E-state index is 13.0. The first kappa shape index (κ1) is 19.5. The maximum atomic E-state index is 13.0. The van der Waals surface area contributed by atoms with Crippen molar-refractivity contribution in [1.29, 1.82) is 0 Å². The number of nitrogens with zero attached hydrogens (tertiary/aromatic N) is 2. The fourth-order valence-electron chi connectivity index (χ4n) is 2.25. The number of rotatable bonds is 5. The van der Waals surface area contributed by atoms with Crippen LogP contribution in [-0.4, -0.2) is 43.5 Å². The lowest BCUT2D eigenvalue weighted by Crippen LogP contribution is -2.42. The minimum atomic E-state index is -4.74. The highest BCUT2D eigenvalue weighted by atomic mass is 35.5. The molecular weight excluding hydrogens is 383 g/mol. The SMILES string of the molecule is Cc1nc2c(Cl)cc(C(F)(F)F)cn2c1C(=O)NC(CC(=O)O)C(=O)O. The van der Waals surface area contributed by atoms with E-state index in [9.17, 15) is 27.6 Å². The molecule has 2 heterocycles. The molecule has 0 aliphatic carbocycles. The summed E-state index contributed by atoms with van der Waals surface area (Å²) in [7, 11) is 0. The zero-order valence-electron chi connectivity index (χ0n) is 13.0. The monoisotopic (exact) mass is 393 g/mol. The Morgan fingerprint density at radius 1 is 1.35 bits per heavy atom. The smallest absolute Gasteiger partial charge is 0.417 e. The molecule has 0 saturated carbocycles. The number of alkyl halides is 3. The number of aryl methyl sites for hydroxylation is 1. The van der Waals surface area contributed by atoms with Crippen LogP contribution in [0.3, 0.4) is 0 Å². The van der Waals surface area contributed by atoms with Gasteiger partial charge in [0, 0.05) is 6.20 Å². The number of halogens is 4. The van der Waals surface area contributed by atoms with Crippen molar-refractivity contribution in [2.45, 2.75) is 25.6 Å². The summed E-state index contributed by atoms with van der Waals surface area (Å²) >= 11 is 5.80. The number of nitrogens with one attached hydrogen (secondary N) is 1. The molecule has 0 saturated heterocycles. The highest BCUT2D eigenvalue weighted by Gasteiger charge is 2.33. The van der Waals surface area contributed by atoms with Crippen LogP contribution in [0.4, 0.5) is 13.2 Å². The second-order valence-corrected chi connectivity index (χ2v) is 5.68. The Bertz CT molecular complexity index is 909. The molecule has 0 aromatic carbocycles. The van der Waals surface area contributed by atoms with Crippen LogP contribution in [-0.2, 0) is 15.8 Å². The number of carbonyl (C=O) groups is 3. The summed E-state index contributed by atoms with van der Waals surface area (Å²) in [6.45, 7) is 1.32. The first-order valence-electron chi connectivity index (χ1n) is 6.92. The number of aromatic nitrogens is 2. The number of aliphatic carboxylic acids is 2. The van der Waals surface area contributed by atoms with Crippen molar-refractivity contribution in [3.05, 3.63) is 34.2 Å². The molecule has 2 rings (SSSR count). The highest BCUT2D eigenvalue weighted by molar-refractivity contribution is 6.33. The third-order valence-electron chi connectivity index (χ3n) is 3.37. The van der Waals surface area contributed by atoms with Gasteiger partial charge in [0.25, 0.3) is 5.91 Å². The first-order chi connectivity index (χ1) is 11.9. The minimum absolute atomic E-state index is 0.0109. The molecule has 0 aliphatic rings. The Morgan fingerprint density at radius 2 is 1.96 bits per heavy atom. The number of hydrogen-bond donors (Lipinski definition) is 3. The third kappa shape index (κ3) is 3.87. The molecule has 0 aliphatic heterocycles. The molecule has 140 valence electrons. The van der Waals surface area contributed by atoms with Crippen LogP contribution in [0.15, 0.2) is 12.3 Å². The van der Waals surface area contributed by atoms with E-state index < -0.39 is 42.0 Å². The number of hydrogen-bond acceptors (Lipinski definition) is 4. The van der Waals surface area contributed by atoms with Gasteiger partial charge in [-0.1, -0.05) is 11.6 Å². The van der Waals surface area contributed by atoms with Gasteiger partial charge in [0.05, 0.1) is 22.7 Å². The van der Waals surface area contributed by atoms with E-state index in [0.29, 0.717) is 12.3 Å². The summed E-state index contributed by atoms with van der Waals surface area (Å²) in [6, 6.07) is -1.12. The van der Waals surface area contributed by atoms with Crippen LogP contribution in [0, 0.1) is 6.92 Å². The van der Waals surface area contributed by atoms with Gasteiger partial charge < -0.3 is 15.5 Å². The van der Waals surface area contributed by atoms with Gasteiger partial charge in [-0.15, -0.1) is 0 Å². The molecule has 12 heteroatoms. The van der Waals surface area contributed by atoms with Gasteiger partial charge in [0.2, 0.25) is 0 Å². The third-order valence-corrected chi connectivity index (χ3v) is 3.65. The summed E-state index contributed by atoms with van der Waals surface area (Å²) in [5, 5.41) is 19.3. The van der Waals surface area contributed by atoms with Gasteiger partial charge in [0.15, 0.2) is 5.65 Å². The van der Waals surface area contributed by atoms with Crippen LogP contribution < -0.4 is 5.32 Å². The minimum Gasteiger partial charge on any atom is -0.481 e. The van der Waals surface area contributed by atoms with Crippen LogP contribution in [0.1, 0.15) is 28.2 Å². The number of carboxylic acid groups (broad SMARTS) is 2. The topological polar surface area (TPSA) is 121 Å². The summed E-state index contributed by atoms with van der Waals surface area (Å²) in [5.74, 6) is -4.18. The number of carboxylic acids is 2. The summed E-state index contributed by atoms with van der Waals surface area (Å²) in [5.41, 5.74) is -1.66. The van der Waals surface area contributed by atoms with Gasteiger partial charge >= 0.3 is 18.1 Å². The summed E-state index contributed by atoms with van der Waals surface area (Å²) < 4.78 is 39.7. The summed E-state index contributed by atoms with van der Waals surface area (Å²) in [6.07, 6.45) is -5.05. The highest BCUT2D eigenvalue weighted by Crippen LogP contribution is 2.33. The van der Waals surface area contributed by atoms with Crippen molar-refractivity contribution >= 4 is 35.1 Å². The Morgan fingerprint density at radius 3 is 2.46 bits per heavy atom. The Balaban J connectivity index is 2.52. The van der Waals surface area contributed by atoms with Gasteiger partial charge in [0.1, 0.15) is 11.7 Å². The predicted molar refractivity (Wildman–Crippen MR) is 81.1 cm³/mol. The molecule has 1 unspecified atom stereocenters. The van der Waals surface area contributed by atoms with E-state index in [4.69, 9.17) is 21.8 Å². The molecule has 0 bridgehead atoms. The zero-order chi connectivity index (χ0) is 19.8. The van der Waals surface area contributed by atoms with E-state index in [0.717, 1.165) is 4.40 Å². The van der Waals surface area contributed by atoms with E-state index in [1.54, 1.807) is 0 Å². The Kier molecular flexibility index (Phi) is 5.12. The molecule has 2 aromatic rings. The van der Waals surface area contributed by atoms with Crippen LogP contribution >= 0.6 is 11.6 Å². The number of carbonyl (C=O) groups excluding carboxylic acids is 1. The average Bonchev–Trinajstić information content (AvgIpc) is 2.81. The molecular formula is C14H11ClF3N3O5. The molecule has 1 atom stereocenters. The van der Waals surface area contributed by atoms with Crippen molar-refractivity contribution in [1.82, 2.24) is 14.7 Å². The molecule has 3 N–H and O–H groups in total. The first-order valence-corrected chi connectivity index (χ1v) is 7.30. The lowest BCUT2D eigenvalue weighted by Gasteiger charge is -2.13. The van der Waals surface area contributed by atoms with Gasteiger partial charge in [-0.25, -0.2) is 9.78 Å². The largest absolute Gasteiger partial charge is 0.481 e. The number of pyridine rings is 1. The molecule has 0 radical (unpaired) electrons. The van der Waals surface area contributed by atoms with Gasteiger partial charge in [-0.05, 0) is 13.0 Å². The molecule has 1 amide bonds. The lowest BCUT2D eigenvalue weighted by molar-refractivity contribution is -0.145. The standard InChI is InChI=1S/C14H11ClF3N3O5/c1-5-10(12(24)20-8(13(25)26)3-9(22)23)21-4-6(14(16,17)18)2-7(15)11(21)19-5/h2,4,8H,3H2,1H3,(H,20,24)(H,22,23)(H,25,26). The molecule has 0 fully saturated rings. The maximum Gasteiger partial charge on any atom is 0.417 e. The van der Waals surface area contributed by atoms with E-state index in [-0.39, 0.29) is 22.1 Å². The lowest BCUT2D eigenvalue weighted by atomic mass is 10.2. The van der Waals surface area contributed by atoms with E-state index in [1.165, 1.54) is 6.92 Å². The fourth-order valence-corrected chi connectivity index (χ4v) is 2.50. The number of amides is 1. The number of imidazole rings is 1. The fraction of sp³-hybridized carbons (Fsp3) is 0.286. The second-order valence-electron chi connectivity index (χ2n) is 5.28. The van der Waals surface area contributed by atoms with Crippen molar-refractivity contribution in [2.75, 3.05) is 0 Å².